The van der Waals surface area contributed by atoms with Gasteiger partial charge in [-0.05, 0) is 0 Å². The van der Waals surface area contributed by atoms with Crippen LogP contribution in [0.1, 0.15) is 0 Å². The van der Waals surface area contributed by atoms with Gasteiger partial charge in [0.1, 0.15) is 0 Å². The topological polar surface area (TPSA) is 114 Å². The first-order valence-electron chi connectivity index (χ1n) is 0. The summed E-state index contributed by atoms with van der Waals surface area (Å²) < 4.78 is 0. The zero-order chi connectivity index (χ0) is 0. The standard InChI is InChI=1S/Bi.4O.Sb.Zn/q+3;4*-2;+3;+2. The summed E-state index contributed by atoms with van der Waals surface area (Å²) in [5.41, 5.74) is 0. The maximum Gasteiger partial charge on any atom is 3.00 e. The normalized spacial score (nSPS) is 0. The van der Waals surface area contributed by atoms with Gasteiger partial charge in [-0.2, -0.15) is 0 Å². The van der Waals surface area contributed by atoms with Crippen molar-refractivity contribution in [2.24, 2.45) is 0 Å². The second-order valence-corrected chi connectivity index (χ2v) is 0. The molecule has 0 rings (SSSR count). The van der Waals surface area contributed by atoms with Gasteiger partial charge in [0, 0.05) is 0 Å². The summed E-state index contributed by atoms with van der Waals surface area (Å²) in [5.74, 6) is 0. The molecule has 36 valence electrons. The Labute approximate surface area is 91.0 Å². The van der Waals surface area contributed by atoms with Crippen LogP contribution in [-0.2, 0) is 41.4 Å². The van der Waals surface area contributed by atoms with Crippen molar-refractivity contribution in [2.45, 2.75) is 0 Å². The molecule has 0 spiro atoms. The number of rotatable bonds is 0. The van der Waals surface area contributed by atoms with Gasteiger partial charge in [0.2, 0.25) is 0 Å². The Kier molecular flexibility index (Phi) is 1670. The van der Waals surface area contributed by atoms with E-state index in [4.69, 9.17) is 0 Å². The van der Waals surface area contributed by atoms with Gasteiger partial charge in [-0.25, -0.2) is 0 Å². The van der Waals surface area contributed by atoms with E-state index in [2.05, 4.69) is 0 Å². The molecule has 0 saturated heterocycles. The Bertz CT molecular complexity index is 11.7. The third-order valence-corrected chi connectivity index (χ3v) is 0. The molecule has 0 saturated carbocycles. The third kappa shape index (κ3) is 66.2. The second-order valence-electron chi connectivity index (χ2n) is 0. The first-order chi connectivity index (χ1) is 0. The van der Waals surface area contributed by atoms with Crippen LogP contribution in [0, 0.1) is 0 Å². The Hall–Kier alpha value is 2.16. The van der Waals surface area contributed by atoms with E-state index >= 15 is 0 Å². The van der Waals surface area contributed by atoms with Crippen molar-refractivity contribution in [3.05, 3.63) is 0 Å². The monoisotopic (exact) mass is 458 g/mol. The smallest absolute Gasteiger partial charge is 2.00 e. The zero-order valence-corrected chi connectivity index (χ0v) is 12.2. The SMILES string of the molecule is [Bi+3].[O-2].[O-2].[O-2].[O-2].[Sb+3].[Zn+2]. The molecular weight excluding hydrogens is 460 g/mol. The van der Waals surface area contributed by atoms with E-state index in [-0.39, 0.29) is 92.0 Å². The zero-order valence-electron chi connectivity index (χ0n) is 3.23. The minimum atomic E-state index is 0. The second kappa shape index (κ2) is 89.4. The first kappa shape index (κ1) is 130. The minimum Gasteiger partial charge on any atom is -2.00 e. The molecule has 0 aliphatic rings. The maximum absolute atomic E-state index is 0. The average Bonchev–Trinajstić information content (AvgIpc) is 0. The molecule has 0 aromatic carbocycles. The molecular formula is BiO4SbZn. The van der Waals surface area contributed by atoms with Crippen LogP contribution in [0.3, 0.4) is 0 Å². The number of hydrogen-bond donors (Lipinski definition) is 0. The molecule has 0 heterocycles. The predicted octanol–water partition coefficient (Wildman–Crippen LogP) is -1.24. The Morgan fingerprint density at radius 1 is 0.571 bits per heavy atom. The predicted molar refractivity (Wildman–Crippen MR) is 14.3 cm³/mol. The van der Waals surface area contributed by atoms with Gasteiger partial charge in [-0.1, -0.05) is 0 Å². The third-order valence-electron chi connectivity index (χ3n) is 0. The van der Waals surface area contributed by atoms with Crippen LogP contribution in [0.15, 0.2) is 0 Å². The molecule has 7 heavy (non-hydrogen) atoms. The molecule has 0 fully saturated rings. The van der Waals surface area contributed by atoms with Crippen LogP contribution in [0.25, 0.3) is 0 Å². The quantitative estimate of drug-likeness (QED) is 0.403. The Morgan fingerprint density at radius 3 is 0.571 bits per heavy atom. The fraction of sp³-hybridized carbons (Fsp3) is 0. The van der Waals surface area contributed by atoms with Crippen molar-refractivity contribution in [3.8, 4) is 0 Å². The summed E-state index contributed by atoms with van der Waals surface area (Å²) in [6.07, 6.45) is 0. The molecule has 0 aromatic heterocycles. The largest absolute Gasteiger partial charge is 3.00 e. The van der Waals surface area contributed by atoms with E-state index in [0.29, 0.717) is 0 Å². The van der Waals surface area contributed by atoms with Gasteiger partial charge in [0.25, 0.3) is 0 Å². The molecule has 0 atom stereocenters. The van der Waals surface area contributed by atoms with Gasteiger partial charge in [0.05, 0.1) is 0 Å². The van der Waals surface area contributed by atoms with Gasteiger partial charge in [-0.15, -0.1) is 0 Å². The van der Waals surface area contributed by atoms with Crippen molar-refractivity contribution in [1.82, 2.24) is 0 Å². The van der Waals surface area contributed by atoms with E-state index in [1.807, 2.05) is 0 Å². The maximum atomic E-state index is 0. The van der Waals surface area contributed by atoms with E-state index < -0.39 is 0 Å². The molecule has 0 bridgehead atoms. The molecule has 0 aromatic rings. The van der Waals surface area contributed by atoms with Crippen LogP contribution < -0.4 is 0 Å². The fourth-order valence-corrected chi connectivity index (χ4v) is 0. The van der Waals surface area contributed by atoms with Crippen LogP contribution in [0.2, 0.25) is 0 Å². The fourth-order valence-electron chi connectivity index (χ4n) is 0. The molecule has 7 heteroatoms. The van der Waals surface area contributed by atoms with E-state index in [0.717, 1.165) is 0 Å². The summed E-state index contributed by atoms with van der Waals surface area (Å²) in [4.78, 5) is 0. The molecule has 0 unspecified atom stereocenters. The van der Waals surface area contributed by atoms with Crippen molar-refractivity contribution in [2.75, 3.05) is 0 Å². The summed E-state index contributed by atoms with van der Waals surface area (Å²) >= 11 is 0. The summed E-state index contributed by atoms with van der Waals surface area (Å²) in [6.45, 7) is 0. The number of hydrogen-bond acceptors (Lipinski definition) is 0. The molecule has 4 radical (unpaired) electrons. The van der Waals surface area contributed by atoms with Crippen LogP contribution >= 0.6 is 0 Å². The molecule has 0 N–H and O–H groups in total. The van der Waals surface area contributed by atoms with Crippen LogP contribution in [0.4, 0.5) is 0 Å². The average molecular weight is 460 g/mol. The Balaban J connectivity index is 0. The summed E-state index contributed by atoms with van der Waals surface area (Å²) in [5, 5.41) is 0. The Morgan fingerprint density at radius 2 is 0.571 bits per heavy atom. The van der Waals surface area contributed by atoms with Gasteiger partial charge in [0.15, 0.2) is 0 Å². The van der Waals surface area contributed by atoms with Crippen molar-refractivity contribution in [1.29, 1.82) is 0 Å². The van der Waals surface area contributed by atoms with E-state index in [9.17, 15) is 0 Å². The van der Waals surface area contributed by atoms with Gasteiger partial charge in [-0.3, -0.25) is 0 Å². The van der Waals surface area contributed by atoms with Gasteiger partial charge >= 0.3 is 70.1 Å². The summed E-state index contributed by atoms with van der Waals surface area (Å²) in [7, 11) is 0. The van der Waals surface area contributed by atoms with Crippen molar-refractivity contribution in [3.63, 3.8) is 0 Å². The van der Waals surface area contributed by atoms with E-state index in [1.54, 1.807) is 0 Å². The molecule has 0 aliphatic heterocycles. The molecule has 0 aliphatic carbocycles. The molecule has 4 nitrogen and oxygen atoms in total. The van der Waals surface area contributed by atoms with Crippen LogP contribution in [0.5, 0.6) is 0 Å². The van der Waals surface area contributed by atoms with Gasteiger partial charge < -0.3 is 21.9 Å². The summed E-state index contributed by atoms with van der Waals surface area (Å²) in [6, 6.07) is 0. The van der Waals surface area contributed by atoms with E-state index in [1.165, 1.54) is 0 Å². The molecule has 0 amide bonds. The minimum absolute atomic E-state index is 0. The van der Waals surface area contributed by atoms with Crippen LogP contribution in [-0.4, -0.2) is 50.6 Å². The van der Waals surface area contributed by atoms with Crippen molar-refractivity contribution < 1.29 is 41.4 Å². The first-order valence-corrected chi connectivity index (χ1v) is 0. The van der Waals surface area contributed by atoms with Crippen molar-refractivity contribution >= 4 is 50.6 Å².